The Balaban J connectivity index is 1.08. The number of hydrogen-bond acceptors (Lipinski definition) is 4. The van der Waals surface area contributed by atoms with E-state index >= 15 is 0 Å². The number of piperazine rings is 2. The van der Waals surface area contributed by atoms with Crippen LogP contribution in [-0.4, -0.2) is 97.6 Å². The van der Waals surface area contributed by atoms with Crippen molar-refractivity contribution in [2.24, 2.45) is 5.92 Å². The quantitative estimate of drug-likeness (QED) is 0.349. The van der Waals surface area contributed by atoms with Crippen LogP contribution in [0, 0.1) is 5.92 Å². The third-order valence-corrected chi connectivity index (χ3v) is 8.34. The van der Waals surface area contributed by atoms with E-state index in [2.05, 4.69) is 20.9 Å². The second-order valence-electron chi connectivity index (χ2n) is 10.5. The van der Waals surface area contributed by atoms with Gasteiger partial charge in [-0.05, 0) is 25.7 Å². The first kappa shape index (κ1) is 22.1. The van der Waals surface area contributed by atoms with Gasteiger partial charge in [0, 0.05) is 57.8 Å². The Morgan fingerprint density at radius 3 is 2.66 bits per heavy atom. The summed E-state index contributed by atoms with van der Waals surface area (Å²) in [5.41, 5.74) is 0. The Bertz CT molecular complexity index is 715. The van der Waals surface area contributed by atoms with Crippen LogP contribution in [0.25, 0.3) is 0 Å². The molecule has 0 aromatic heterocycles. The van der Waals surface area contributed by atoms with E-state index < -0.39 is 0 Å². The summed E-state index contributed by atoms with van der Waals surface area (Å²) in [7, 11) is 0. The first-order chi connectivity index (χ1) is 15.6. The highest BCUT2D eigenvalue weighted by molar-refractivity contribution is 5.83. The van der Waals surface area contributed by atoms with Gasteiger partial charge >= 0.3 is 0 Å². The number of hydrogen-bond donors (Lipinski definition) is 4. The number of rotatable bonds is 6. The second-order valence-corrected chi connectivity index (χ2v) is 10.5. The summed E-state index contributed by atoms with van der Waals surface area (Å²) in [6.07, 6.45) is 8.57. The summed E-state index contributed by atoms with van der Waals surface area (Å²) in [4.78, 5) is 43.4. The standard InChI is InChI=1S/C23H38N6O3/c30-21(28-11-9-27(10-12-28)20-3-1-2-8-24-20)7-6-18-14-25-23(32)19-13-17(15-29(18)19)26-22(31)16-4-5-16/h16-20,24H,1-15H2,(H,25,32)(H,26,31)/p+2/t17-,18+,19-,20?/m0/s1. The average Bonchev–Trinajstić information content (AvgIpc) is 3.59. The Morgan fingerprint density at radius 2 is 1.94 bits per heavy atom. The van der Waals surface area contributed by atoms with Crippen LogP contribution in [0.3, 0.4) is 0 Å². The highest BCUT2D eigenvalue weighted by Gasteiger charge is 2.48. The number of quaternary nitrogens is 2. The van der Waals surface area contributed by atoms with Crippen molar-refractivity contribution in [1.82, 2.24) is 20.4 Å². The first-order valence-corrected chi connectivity index (χ1v) is 12.9. The summed E-state index contributed by atoms with van der Waals surface area (Å²) < 4.78 is 0. The molecule has 9 heteroatoms. The minimum absolute atomic E-state index is 0.0785. The molecule has 5 N–H and O–H groups in total. The zero-order valence-electron chi connectivity index (χ0n) is 19.2. The van der Waals surface area contributed by atoms with Crippen LogP contribution in [-0.2, 0) is 14.4 Å². The molecule has 0 bridgehead atoms. The number of nitrogens with one attached hydrogen (secondary N) is 3. The molecule has 4 saturated heterocycles. The normalized spacial score (nSPS) is 35.8. The fourth-order valence-electron chi connectivity index (χ4n) is 6.23. The predicted octanol–water partition coefficient (Wildman–Crippen LogP) is -2.97. The Labute approximate surface area is 190 Å². The maximum absolute atomic E-state index is 12.9. The summed E-state index contributed by atoms with van der Waals surface area (Å²) in [6, 6.07) is 0.237. The maximum atomic E-state index is 12.9. The SMILES string of the molecule is O=C(N[C@H]1C[C@H]2C(=O)NC[C@@H](CCC(=O)N3CCN(C4CCCC[NH2+]4)CC3)[NH+]2C1)C1CC1. The Hall–Kier alpha value is -1.71. The monoisotopic (exact) mass is 448 g/mol. The van der Waals surface area contributed by atoms with Crippen LogP contribution in [0.2, 0.25) is 0 Å². The zero-order chi connectivity index (χ0) is 22.1. The van der Waals surface area contributed by atoms with Crippen molar-refractivity contribution in [2.45, 2.75) is 75.7 Å². The molecule has 0 aromatic carbocycles. The van der Waals surface area contributed by atoms with Crippen LogP contribution < -0.4 is 20.9 Å². The third-order valence-electron chi connectivity index (χ3n) is 8.34. The molecular weight excluding hydrogens is 408 g/mol. The molecule has 5 fully saturated rings. The molecule has 4 aliphatic heterocycles. The smallest absolute Gasteiger partial charge is 0.278 e. The molecule has 3 amide bonds. The van der Waals surface area contributed by atoms with Gasteiger partial charge in [-0.15, -0.1) is 0 Å². The van der Waals surface area contributed by atoms with Crippen LogP contribution in [0.5, 0.6) is 0 Å². The fraction of sp³-hybridized carbons (Fsp3) is 0.870. The number of carbonyl (C=O) groups is 3. The Kier molecular flexibility index (Phi) is 6.66. The molecule has 1 saturated carbocycles. The summed E-state index contributed by atoms with van der Waals surface area (Å²) in [6.45, 7) is 6.28. The molecule has 0 aromatic rings. The van der Waals surface area contributed by atoms with E-state index in [4.69, 9.17) is 0 Å². The number of nitrogens with two attached hydrogens (primary N) is 1. The van der Waals surface area contributed by atoms with Crippen LogP contribution in [0.1, 0.15) is 51.4 Å². The molecule has 5 aliphatic rings. The summed E-state index contributed by atoms with van der Waals surface area (Å²) in [5.74, 6) is 0.706. The van der Waals surface area contributed by atoms with E-state index in [0.29, 0.717) is 25.6 Å². The van der Waals surface area contributed by atoms with Gasteiger partial charge in [-0.3, -0.25) is 19.3 Å². The lowest BCUT2D eigenvalue weighted by Crippen LogP contribution is -3.21. The van der Waals surface area contributed by atoms with Crippen molar-refractivity contribution in [3.05, 3.63) is 0 Å². The number of amides is 3. The number of fused-ring (bicyclic) bond motifs is 1. The second kappa shape index (κ2) is 9.65. The largest absolute Gasteiger partial charge is 0.347 e. The maximum Gasteiger partial charge on any atom is 0.278 e. The fourth-order valence-corrected chi connectivity index (χ4v) is 6.23. The van der Waals surface area contributed by atoms with Crippen molar-refractivity contribution in [3.63, 3.8) is 0 Å². The van der Waals surface area contributed by atoms with Gasteiger partial charge in [0.15, 0.2) is 6.04 Å². The van der Waals surface area contributed by atoms with E-state index in [9.17, 15) is 14.4 Å². The lowest BCUT2D eigenvalue weighted by atomic mass is 10.0. The van der Waals surface area contributed by atoms with Crippen molar-refractivity contribution in [2.75, 3.05) is 45.8 Å². The van der Waals surface area contributed by atoms with E-state index in [1.165, 1.54) is 30.7 Å². The zero-order valence-corrected chi connectivity index (χ0v) is 19.2. The first-order valence-electron chi connectivity index (χ1n) is 12.9. The molecular formula is C23H40N6O3+2. The molecule has 32 heavy (non-hydrogen) atoms. The molecule has 2 unspecified atom stereocenters. The number of nitrogens with zero attached hydrogens (tertiary/aromatic N) is 2. The highest BCUT2D eigenvalue weighted by atomic mass is 16.2. The lowest BCUT2D eigenvalue weighted by Gasteiger charge is -2.39. The minimum Gasteiger partial charge on any atom is -0.347 e. The molecule has 9 nitrogen and oxygen atoms in total. The van der Waals surface area contributed by atoms with Gasteiger partial charge in [-0.25, -0.2) is 0 Å². The average molecular weight is 449 g/mol. The molecule has 0 spiro atoms. The van der Waals surface area contributed by atoms with Gasteiger partial charge in [0.2, 0.25) is 11.8 Å². The van der Waals surface area contributed by atoms with Gasteiger partial charge in [-0.2, -0.15) is 0 Å². The van der Waals surface area contributed by atoms with E-state index in [-0.39, 0.29) is 41.8 Å². The number of carbonyl (C=O) groups excluding carboxylic acids is 3. The van der Waals surface area contributed by atoms with E-state index in [1.54, 1.807) is 0 Å². The molecule has 1 aliphatic carbocycles. The van der Waals surface area contributed by atoms with Crippen LogP contribution >= 0.6 is 0 Å². The molecule has 5 atom stereocenters. The molecule has 178 valence electrons. The van der Waals surface area contributed by atoms with Crippen LogP contribution in [0.4, 0.5) is 0 Å². The van der Waals surface area contributed by atoms with Crippen molar-refractivity contribution >= 4 is 17.7 Å². The third kappa shape index (κ3) is 4.94. The molecule has 0 radical (unpaired) electrons. The Morgan fingerprint density at radius 1 is 1.12 bits per heavy atom. The predicted molar refractivity (Wildman–Crippen MR) is 118 cm³/mol. The van der Waals surface area contributed by atoms with E-state index in [1.807, 2.05) is 4.90 Å². The van der Waals surface area contributed by atoms with E-state index in [0.717, 1.165) is 52.0 Å². The van der Waals surface area contributed by atoms with Crippen LogP contribution in [0.15, 0.2) is 0 Å². The molecule has 4 heterocycles. The topological polar surface area (TPSA) is 103 Å². The van der Waals surface area contributed by atoms with Gasteiger partial charge in [0.1, 0.15) is 12.2 Å². The van der Waals surface area contributed by atoms with Gasteiger partial charge in [-0.1, -0.05) is 0 Å². The minimum atomic E-state index is -0.0938. The summed E-state index contributed by atoms with van der Waals surface area (Å²) >= 11 is 0. The van der Waals surface area contributed by atoms with Gasteiger partial charge < -0.3 is 25.8 Å². The van der Waals surface area contributed by atoms with Gasteiger partial charge in [0.25, 0.3) is 5.91 Å². The molecule has 5 rings (SSSR count). The van der Waals surface area contributed by atoms with Crippen molar-refractivity contribution < 1.29 is 24.6 Å². The van der Waals surface area contributed by atoms with Crippen molar-refractivity contribution in [1.29, 1.82) is 0 Å². The summed E-state index contributed by atoms with van der Waals surface area (Å²) in [5, 5.41) is 8.68. The number of piperidine rings is 1. The lowest BCUT2D eigenvalue weighted by molar-refractivity contribution is -0.930. The van der Waals surface area contributed by atoms with Crippen molar-refractivity contribution in [3.8, 4) is 0 Å². The van der Waals surface area contributed by atoms with Gasteiger partial charge in [0.05, 0.1) is 25.7 Å². The highest BCUT2D eigenvalue weighted by Crippen LogP contribution is 2.29.